The predicted octanol–water partition coefficient (Wildman–Crippen LogP) is 2.89. The van der Waals surface area contributed by atoms with Crippen LogP contribution in [0.5, 0.6) is 0 Å². The maximum Gasteiger partial charge on any atom is 0.338 e. The van der Waals surface area contributed by atoms with Gasteiger partial charge in [-0.15, -0.1) is 0 Å². The molecule has 0 bridgehead atoms. The molecule has 1 aromatic carbocycles. The molecule has 1 heterocycles. The van der Waals surface area contributed by atoms with Crippen LogP contribution in [0.15, 0.2) is 24.3 Å². The largest absolute Gasteiger partial charge is 0.462 e. The first-order chi connectivity index (χ1) is 11.0. The van der Waals surface area contributed by atoms with Gasteiger partial charge in [0, 0.05) is 18.8 Å². The Hall–Kier alpha value is -2.08. The van der Waals surface area contributed by atoms with E-state index < -0.39 is 0 Å². The summed E-state index contributed by atoms with van der Waals surface area (Å²) in [5.41, 5.74) is 1.12. The number of carbonyl (C=O) groups is 2. The third-order valence-corrected chi connectivity index (χ3v) is 3.52. The molecule has 6 heteroatoms. The zero-order valence-electron chi connectivity index (χ0n) is 13.9. The Morgan fingerprint density at radius 3 is 2.39 bits per heavy atom. The van der Waals surface area contributed by atoms with E-state index in [1.807, 2.05) is 20.8 Å². The van der Waals surface area contributed by atoms with Crippen molar-refractivity contribution in [3.05, 3.63) is 29.8 Å². The molecular weight excluding hydrogens is 296 g/mol. The van der Waals surface area contributed by atoms with Crippen LogP contribution in [0, 0.1) is 0 Å². The molecule has 2 amide bonds. The van der Waals surface area contributed by atoms with E-state index in [0.717, 1.165) is 6.42 Å². The fraction of sp³-hybridized carbons (Fsp3) is 0.529. The Balaban J connectivity index is 1.92. The Labute approximate surface area is 136 Å². The molecule has 0 saturated carbocycles. The van der Waals surface area contributed by atoms with Crippen LogP contribution in [0.3, 0.4) is 0 Å². The summed E-state index contributed by atoms with van der Waals surface area (Å²) >= 11 is 0. The standard InChI is InChI=1S/C17H24N2O4/c1-4-9-22-16(20)14-5-7-15(8-6-14)18-17(21)19-10-12(2)23-13(3)11-19/h5-8,12-13H,4,9-11H2,1-3H3,(H,18,21)/t12-,13-/m0/s1. The summed E-state index contributed by atoms with van der Waals surface area (Å²) in [5, 5.41) is 2.84. The second-order valence-corrected chi connectivity index (χ2v) is 5.81. The fourth-order valence-electron chi connectivity index (χ4n) is 2.51. The van der Waals surface area contributed by atoms with Gasteiger partial charge in [0.05, 0.1) is 24.4 Å². The highest BCUT2D eigenvalue weighted by Crippen LogP contribution is 2.15. The van der Waals surface area contributed by atoms with Gasteiger partial charge < -0.3 is 19.7 Å². The number of esters is 1. The lowest BCUT2D eigenvalue weighted by Gasteiger charge is -2.35. The number of nitrogens with one attached hydrogen (secondary N) is 1. The Morgan fingerprint density at radius 1 is 1.22 bits per heavy atom. The average Bonchev–Trinajstić information content (AvgIpc) is 2.52. The van der Waals surface area contributed by atoms with Crippen molar-refractivity contribution in [2.75, 3.05) is 25.0 Å². The van der Waals surface area contributed by atoms with Gasteiger partial charge in [0.1, 0.15) is 0 Å². The van der Waals surface area contributed by atoms with Crippen molar-refractivity contribution in [3.63, 3.8) is 0 Å². The van der Waals surface area contributed by atoms with E-state index in [1.54, 1.807) is 29.2 Å². The normalized spacial score (nSPS) is 20.9. The smallest absolute Gasteiger partial charge is 0.338 e. The molecule has 2 rings (SSSR count). The number of hydrogen-bond acceptors (Lipinski definition) is 4. The van der Waals surface area contributed by atoms with Gasteiger partial charge in [0.15, 0.2) is 0 Å². The summed E-state index contributed by atoms with van der Waals surface area (Å²) in [6.07, 6.45) is 0.844. The fourth-order valence-corrected chi connectivity index (χ4v) is 2.51. The summed E-state index contributed by atoms with van der Waals surface area (Å²) in [6.45, 7) is 7.39. The average molecular weight is 320 g/mol. The molecule has 1 aliphatic rings. The Morgan fingerprint density at radius 2 is 1.83 bits per heavy atom. The number of morpholine rings is 1. The van der Waals surface area contributed by atoms with Gasteiger partial charge in [0.2, 0.25) is 0 Å². The van der Waals surface area contributed by atoms with E-state index in [0.29, 0.717) is 30.9 Å². The topological polar surface area (TPSA) is 67.9 Å². The summed E-state index contributed by atoms with van der Waals surface area (Å²) < 4.78 is 10.7. The maximum atomic E-state index is 12.3. The van der Waals surface area contributed by atoms with E-state index in [9.17, 15) is 9.59 Å². The monoisotopic (exact) mass is 320 g/mol. The van der Waals surface area contributed by atoms with Crippen molar-refractivity contribution >= 4 is 17.7 Å². The molecule has 126 valence electrons. The number of rotatable bonds is 4. The Bertz CT molecular complexity index is 534. The second-order valence-electron chi connectivity index (χ2n) is 5.81. The molecular formula is C17H24N2O4. The SMILES string of the molecule is CCCOC(=O)c1ccc(NC(=O)N2C[C@H](C)O[C@@H](C)C2)cc1. The van der Waals surface area contributed by atoms with Crippen LogP contribution in [0.2, 0.25) is 0 Å². The minimum atomic E-state index is -0.347. The highest BCUT2D eigenvalue weighted by molar-refractivity contribution is 5.92. The lowest BCUT2D eigenvalue weighted by Crippen LogP contribution is -2.49. The number of amides is 2. The van der Waals surface area contributed by atoms with Crippen LogP contribution in [0.4, 0.5) is 10.5 Å². The van der Waals surface area contributed by atoms with Crippen molar-refractivity contribution in [3.8, 4) is 0 Å². The van der Waals surface area contributed by atoms with Crippen molar-refractivity contribution in [2.24, 2.45) is 0 Å². The van der Waals surface area contributed by atoms with Gasteiger partial charge in [-0.05, 0) is 44.5 Å². The highest BCUT2D eigenvalue weighted by Gasteiger charge is 2.25. The van der Waals surface area contributed by atoms with E-state index in [1.165, 1.54) is 0 Å². The van der Waals surface area contributed by atoms with Crippen LogP contribution in [-0.2, 0) is 9.47 Å². The van der Waals surface area contributed by atoms with E-state index in [2.05, 4.69) is 5.32 Å². The maximum absolute atomic E-state index is 12.3. The molecule has 2 atom stereocenters. The molecule has 1 aliphatic heterocycles. The van der Waals surface area contributed by atoms with Gasteiger partial charge in [-0.25, -0.2) is 9.59 Å². The van der Waals surface area contributed by atoms with Crippen molar-refractivity contribution in [2.45, 2.75) is 39.4 Å². The van der Waals surface area contributed by atoms with Crippen molar-refractivity contribution in [1.29, 1.82) is 0 Å². The minimum Gasteiger partial charge on any atom is -0.462 e. The third kappa shape index (κ3) is 4.96. The quantitative estimate of drug-likeness (QED) is 0.866. The summed E-state index contributed by atoms with van der Waals surface area (Å²) in [4.78, 5) is 25.7. The number of nitrogens with zero attached hydrogens (tertiary/aromatic N) is 1. The number of ether oxygens (including phenoxy) is 2. The molecule has 0 aliphatic carbocycles. The van der Waals surface area contributed by atoms with Crippen LogP contribution in [-0.4, -0.2) is 48.8 Å². The van der Waals surface area contributed by atoms with Gasteiger partial charge in [-0.2, -0.15) is 0 Å². The lowest BCUT2D eigenvalue weighted by atomic mass is 10.2. The number of hydrogen-bond donors (Lipinski definition) is 1. The molecule has 1 N–H and O–H groups in total. The van der Waals surface area contributed by atoms with Gasteiger partial charge in [-0.3, -0.25) is 0 Å². The predicted molar refractivity (Wildman–Crippen MR) is 87.6 cm³/mol. The molecule has 1 fully saturated rings. The number of urea groups is 1. The van der Waals surface area contributed by atoms with E-state index in [4.69, 9.17) is 9.47 Å². The number of benzene rings is 1. The molecule has 0 spiro atoms. The van der Waals surface area contributed by atoms with Crippen molar-refractivity contribution in [1.82, 2.24) is 4.90 Å². The molecule has 1 aromatic rings. The first-order valence-corrected chi connectivity index (χ1v) is 7.98. The Kier molecular flexibility index (Phi) is 5.98. The molecule has 23 heavy (non-hydrogen) atoms. The van der Waals surface area contributed by atoms with E-state index in [-0.39, 0.29) is 24.2 Å². The zero-order valence-corrected chi connectivity index (χ0v) is 13.9. The summed E-state index contributed by atoms with van der Waals surface area (Å²) in [6, 6.07) is 6.55. The molecule has 1 saturated heterocycles. The van der Waals surface area contributed by atoms with Crippen LogP contribution in [0.1, 0.15) is 37.6 Å². The van der Waals surface area contributed by atoms with E-state index >= 15 is 0 Å². The molecule has 0 unspecified atom stereocenters. The second kappa shape index (κ2) is 7.97. The highest BCUT2D eigenvalue weighted by atomic mass is 16.5. The third-order valence-electron chi connectivity index (χ3n) is 3.52. The van der Waals surface area contributed by atoms with Crippen molar-refractivity contribution < 1.29 is 19.1 Å². The number of anilines is 1. The lowest BCUT2D eigenvalue weighted by molar-refractivity contribution is -0.0530. The van der Waals surface area contributed by atoms with Crippen LogP contribution < -0.4 is 5.32 Å². The zero-order chi connectivity index (χ0) is 16.8. The van der Waals surface area contributed by atoms with Gasteiger partial charge in [-0.1, -0.05) is 6.92 Å². The first-order valence-electron chi connectivity index (χ1n) is 7.98. The van der Waals surface area contributed by atoms with Gasteiger partial charge >= 0.3 is 12.0 Å². The minimum absolute atomic E-state index is 0.0280. The van der Waals surface area contributed by atoms with Gasteiger partial charge in [0.25, 0.3) is 0 Å². The van der Waals surface area contributed by atoms with Crippen LogP contribution >= 0.6 is 0 Å². The van der Waals surface area contributed by atoms with Crippen LogP contribution in [0.25, 0.3) is 0 Å². The summed E-state index contributed by atoms with van der Waals surface area (Å²) in [5.74, 6) is -0.347. The molecule has 0 aromatic heterocycles. The molecule has 6 nitrogen and oxygen atoms in total. The first kappa shape index (κ1) is 17.3. The molecule has 0 radical (unpaired) electrons. The summed E-state index contributed by atoms with van der Waals surface area (Å²) in [7, 11) is 0. The number of carbonyl (C=O) groups excluding carboxylic acids is 2.